The first-order valence-corrected chi connectivity index (χ1v) is 12.0. The summed E-state index contributed by atoms with van der Waals surface area (Å²) in [6.07, 6.45) is 3.63. The zero-order chi connectivity index (χ0) is 22.7. The van der Waals surface area contributed by atoms with E-state index in [1.165, 1.54) is 4.68 Å². The van der Waals surface area contributed by atoms with Crippen LogP contribution in [0.15, 0.2) is 59.6 Å². The number of nitrogens with zero attached hydrogens (tertiary/aromatic N) is 2. The van der Waals surface area contributed by atoms with Crippen molar-refractivity contribution in [3.63, 3.8) is 0 Å². The van der Waals surface area contributed by atoms with Gasteiger partial charge < -0.3 is 9.84 Å². The Bertz CT molecular complexity index is 1220. The van der Waals surface area contributed by atoms with Gasteiger partial charge in [-0.15, -0.1) is 0 Å². The SMILES string of the molecule is CCOc1cccc(-c2ccc(S(=O)(=O)NC3CCCc4c3cnn4CC(=O)O)cc2)c1. The molecule has 4 rings (SSSR count). The molecule has 32 heavy (non-hydrogen) atoms. The summed E-state index contributed by atoms with van der Waals surface area (Å²) in [5.74, 6) is -0.217. The van der Waals surface area contributed by atoms with Crippen molar-refractivity contribution in [1.82, 2.24) is 14.5 Å². The number of hydrogen-bond donors (Lipinski definition) is 2. The summed E-state index contributed by atoms with van der Waals surface area (Å²) in [4.78, 5) is 11.2. The summed E-state index contributed by atoms with van der Waals surface area (Å²) in [6, 6.07) is 13.9. The van der Waals surface area contributed by atoms with Crippen LogP contribution in [-0.4, -0.2) is 35.9 Å². The lowest BCUT2D eigenvalue weighted by molar-refractivity contribution is -0.137. The molecule has 0 saturated carbocycles. The maximum absolute atomic E-state index is 13.0. The maximum Gasteiger partial charge on any atom is 0.325 e. The van der Waals surface area contributed by atoms with E-state index in [0.29, 0.717) is 19.4 Å². The number of carboxylic acid groups (broad SMARTS) is 1. The van der Waals surface area contributed by atoms with E-state index in [2.05, 4.69) is 9.82 Å². The third kappa shape index (κ3) is 4.68. The number of sulfonamides is 1. The lowest BCUT2D eigenvalue weighted by atomic mass is 9.94. The average Bonchev–Trinajstić information content (AvgIpc) is 3.17. The highest BCUT2D eigenvalue weighted by atomic mass is 32.2. The minimum atomic E-state index is -3.76. The molecule has 0 radical (unpaired) electrons. The Morgan fingerprint density at radius 1 is 1.22 bits per heavy atom. The van der Waals surface area contributed by atoms with E-state index in [1.54, 1.807) is 30.5 Å². The van der Waals surface area contributed by atoms with Crippen LogP contribution in [0.4, 0.5) is 0 Å². The van der Waals surface area contributed by atoms with Gasteiger partial charge in [0.05, 0.1) is 23.7 Å². The number of nitrogens with one attached hydrogen (secondary N) is 1. The molecule has 8 nitrogen and oxygen atoms in total. The summed E-state index contributed by atoms with van der Waals surface area (Å²) in [5.41, 5.74) is 3.34. The minimum Gasteiger partial charge on any atom is -0.494 e. The normalized spacial score (nSPS) is 15.8. The highest BCUT2D eigenvalue weighted by Crippen LogP contribution is 2.31. The standard InChI is InChI=1S/C23H25N3O5S/c1-2-31-18-6-3-5-17(13-18)16-9-11-19(12-10-16)32(29,30)25-21-7-4-8-22-20(21)14-24-26(22)15-23(27)28/h3,5-6,9-14,21,25H,2,4,7-8,15H2,1H3,(H,27,28). The second kappa shape index (κ2) is 9.13. The van der Waals surface area contributed by atoms with Crippen molar-refractivity contribution < 1.29 is 23.1 Å². The highest BCUT2D eigenvalue weighted by Gasteiger charge is 2.29. The van der Waals surface area contributed by atoms with E-state index in [-0.39, 0.29) is 11.4 Å². The van der Waals surface area contributed by atoms with Crippen LogP contribution in [0.25, 0.3) is 11.1 Å². The van der Waals surface area contributed by atoms with Gasteiger partial charge in [-0.05, 0) is 61.6 Å². The summed E-state index contributed by atoms with van der Waals surface area (Å²) in [6.45, 7) is 2.26. The van der Waals surface area contributed by atoms with E-state index in [9.17, 15) is 13.2 Å². The van der Waals surface area contributed by atoms with E-state index < -0.39 is 22.0 Å². The molecule has 1 aliphatic carbocycles. The van der Waals surface area contributed by atoms with Crippen LogP contribution in [0.1, 0.15) is 37.1 Å². The largest absolute Gasteiger partial charge is 0.494 e. The second-order valence-corrected chi connectivity index (χ2v) is 9.36. The number of rotatable bonds is 8. The number of fused-ring (bicyclic) bond motifs is 1. The van der Waals surface area contributed by atoms with E-state index in [0.717, 1.165) is 34.6 Å². The predicted octanol–water partition coefficient (Wildman–Crippen LogP) is 3.39. The molecule has 1 atom stereocenters. The average molecular weight is 456 g/mol. The Hall–Kier alpha value is -3.17. The van der Waals surface area contributed by atoms with Gasteiger partial charge in [0.25, 0.3) is 0 Å². The molecule has 1 aliphatic rings. The molecule has 0 bridgehead atoms. The van der Waals surface area contributed by atoms with Crippen molar-refractivity contribution in [3.05, 3.63) is 66.0 Å². The van der Waals surface area contributed by atoms with Gasteiger partial charge >= 0.3 is 5.97 Å². The Labute approximate surface area is 186 Å². The third-order valence-electron chi connectivity index (χ3n) is 5.49. The Kier molecular flexibility index (Phi) is 6.29. The summed E-state index contributed by atoms with van der Waals surface area (Å²) < 4.78 is 35.8. The van der Waals surface area contributed by atoms with Gasteiger partial charge in [0, 0.05) is 11.3 Å². The molecule has 2 aromatic carbocycles. The van der Waals surface area contributed by atoms with E-state index in [4.69, 9.17) is 9.84 Å². The molecule has 9 heteroatoms. The number of carboxylic acids is 1. The molecule has 3 aromatic rings. The van der Waals surface area contributed by atoms with Crippen molar-refractivity contribution in [2.75, 3.05) is 6.61 Å². The van der Waals surface area contributed by atoms with Gasteiger partial charge in [0.2, 0.25) is 10.0 Å². The fourth-order valence-corrected chi connectivity index (χ4v) is 5.27. The summed E-state index contributed by atoms with van der Waals surface area (Å²) in [5, 5.41) is 13.2. The molecule has 2 N–H and O–H groups in total. The fraction of sp³-hybridized carbons (Fsp3) is 0.304. The Balaban J connectivity index is 1.53. The molecular weight excluding hydrogens is 430 g/mol. The van der Waals surface area contributed by atoms with Crippen LogP contribution in [0.3, 0.4) is 0 Å². The molecule has 168 valence electrons. The van der Waals surface area contributed by atoms with Gasteiger partial charge in [-0.3, -0.25) is 9.48 Å². The zero-order valence-electron chi connectivity index (χ0n) is 17.7. The van der Waals surface area contributed by atoms with Crippen LogP contribution >= 0.6 is 0 Å². The molecule has 0 saturated heterocycles. The highest BCUT2D eigenvalue weighted by molar-refractivity contribution is 7.89. The molecule has 0 aliphatic heterocycles. The van der Waals surface area contributed by atoms with Crippen LogP contribution in [0.2, 0.25) is 0 Å². The molecule has 1 unspecified atom stereocenters. The first-order valence-electron chi connectivity index (χ1n) is 10.5. The van der Waals surface area contributed by atoms with Crippen LogP contribution in [0, 0.1) is 0 Å². The number of carbonyl (C=O) groups is 1. The molecule has 1 heterocycles. The van der Waals surface area contributed by atoms with Gasteiger partial charge in [-0.25, -0.2) is 13.1 Å². The predicted molar refractivity (Wildman–Crippen MR) is 119 cm³/mol. The topological polar surface area (TPSA) is 111 Å². The zero-order valence-corrected chi connectivity index (χ0v) is 18.5. The molecule has 1 aromatic heterocycles. The summed E-state index contributed by atoms with van der Waals surface area (Å²) >= 11 is 0. The number of aliphatic carboxylic acids is 1. The minimum absolute atomic E-state index is 0.173. The van der Waals surface area contributed by atoms with Gasteiger partial charge in [-0.2, -0.15) is 5.10 Å². The van der Waals surface area contributed by atoms with Gasteiger partial charge in [-0.1, -0.05) is 24.3 Å². The quantitative estimate of drug-likeness (QED) is 0.539. The lowest BCUT2D eigenvalue weighted by Gasteiger charge is -2.24. The van der Waals surface area contributed by atoms with E-state index >= 15 is 0 Å². The van der Waals surface area contributed by atoms with Crippen molar-refractivity contribution in [2.24, 2.45) is 0 Å². The lowest BCUT2D eigenvalue weighted by Crippen LogP contribution is -2.31. The van der Waals surface area contributed by atoms with Crippen LogP contribution < -0.4 is 9.46 Å². The number of aromatic nitrogens is 2. The van der Waals surface area contributed by atoms with Crippen molar-refractivity contribution in [3.8, 4) is 16.9 Å². The first-order chi connectivity index (χ1) is 15.4. The van der Waals surface area contributed by atoms with E-state index in [1.807, 2.05) is 31.2 Å². The molecular formula is C23H25N3O5S. The van der Waals surface area contributed by atoms with Gasteiger partial charge in [0.1, 0.15) is 12.3 Å². The molecule has 0 fully saturated rings. The van der Waals surface area contributed by atoms with Crippen molar-refractivity contribution in [1.29, 1.82) is 0 Å². The van der Waals surface area contributed by atoms with Crippen molar-refractivity contribution >= 4 is 16.0 Å². The first kappa shape index (κ1) is 22.0. The monoisotopic (exact) mass is 455 g/mol. The summed E-state index contributed by atoms with van der Waals surface area (Å²) in [7, 11) is -3.76. The number of benzene rings is 2. The third-order valence-corrected chi connectivity index (χ3v) is 6.98. The Morgan fingerprint density at radius 2 is 2.00 bits per heavy atom. The maximum atomic E-state index is 13.0. The Morgan fingerprint density at radius 3 is 2.72 bits per heavy atom. The molecule has 0 amide bonds. The van der Waals surface area contributed by atoms with Crippen LogP contribution in [0.5, 0.6) is 5.75 Å². The molecule has 0 spiro atoms. The smallest absolute Gasteiger partial charge is 0.325 e. The van der Waals surface area contributed by atoms with Gasteiger partial charge in [0.15, 0.2) is 0 Å². The van der Waals surface area contributed by atoms with Crippen molar-refractivity contribution in [2.45, 2.75) is 43.7 Å². The van der Waals surface area contributed by atoms with Crippen LogP contribution in [-0.2, 0) is 27.8 Å². The number of ether oxygens (including phenoxy) is 1. The fourth-order valence-electron chi connectivity index (χ4n) is 4.02. The second-order valence-electron chi connectivity index (χ2n) is 7.65. The number of hydrogen-bond acceptors (Lipinski definition) is 5.